The van der Waals surface area contributed by atoms with E-state index in [0.29, 0.717) is 5.69 Å². The molecule has 5 heteroatoms. The van der Waals surface area contributed by atoms with Crippen molar-refractivity contribution in [3.63, 3.8) is 0 Å². The van der Waals surface area contributed by atoms with Gasteiger partial charge < -0.3 is 5.32 Å². The maximum atomic E-state index is 12.4. The van der Waals surface area contributed by atoms with Gasteiger partial charge in [-0.15, -0.1) is 0 Å². The fourth-order valence-electron chi connectivity index (χ4n) is 3.49. The summed E-state index contributed by atoms with van der Waals surface area (Å²) >= 11 is 0. The minimum absolute atomic E-state index is 0.0575. The second-order valence-corrected chi connectivity index (χ2v) is 6.57. The molecule has 3 aromatic rings. The van der Waals surface area contributed by atoms with E-state index in [1.807, 2.05) is 19.3 Å². The van der Waals surface area contributed by atoms with Crippen molar-refractivity contribution in [2.75, 3.05) is 0 Å². The van der Waals surface area contributed by atoms with Crippen molar-refractivity contribution in [2.24, 2.45) is 7.05 Å². The lowest BCUT2D eigenvalue weighted by Gasteiger charge is -2.14. The molecule has 1 atom stereocenters. The fraction of sp³-hybridized carbons (Fsp3) is 0.250. The Kier molecular flexibility index (Phi) is 3.84. The van der Waals surface area contributed by atoms with E-state index in [2.05, 4.69) is 39.7 Å². The van der Waals surface area contributed by atoms with Gasteiger partial charge in [0.1, 0.15) is 5.69 Å². The van der Waals surface area contributed by atoms with E-state index in [1.165, 1.54) is 16.7 Å². The molecule has 1 amide bonds. The lowest BCUT2D eigenvalue weighted by atomic mass is 10.00. The number of hydrogen-bond acceptors (Lipinski definition) is 3. The van der Waals surface area contributed by atoms with Crippen molar-refractivity contribution in [2.45, 2.75) is 25.8 Å². The molecule has 1 aliphatic rings. The van der Waals surface area contributed by atoms with Gasteiger partial charge in [0.15, 0.2) is 0 Å². The van der Waals surface area contributed by atoms with Crippen LogP contribution >= 0.6 is 0 Å². The molecule has 2 heterocycles. The maximum Gasteiger partial charge on any atom is 0.270 e. The van der Waals surface area contributed by atoms with Gasteiger partial charge >= 0.3 is 0 Å². The lowest BCUT2D eigenvalue weighted by molar-refractivity contribution is 0.0927. The van der Waals surface area contributed by atoms with Crippen molar-refractivity contribution in [3.8, 4) is 11.1 Å². The van der Waals surface area contributed by atoms with Crippen molar-refractivity contribution < 1.29 is 4.79 Å². The van der Waals surface area contributed by atoms with Crippen LogP contribution in [-0.4, -0.2) is 20.7 Å². The lowest BCUT2D eigenvalue weighted by Crippen LogP contribution is -2.28. The van der Waals surface area contributed by atoms with Crippen LogP contribution in [0.4, 0.5) is 0 Å². The molecule has 2 aromatic heterocycles. The summed E-state index contributed by atoms with van der Waals surface area (Å²) in [5.41, 5.74) is 6.54. The van der Waals surface area contributed by atoms with Gasteiger partial charge in [0.25, 0.3) is 5.91 Å². The van der Waals surface area contributed by atoms with E-state index in [4.69, 9.17) is 0 Å². The zero-order valence-corrected chi connectivity index (χ0v) is 14.4. The fourth-order valence-corrected chi connectivity index (χ4v) is 3.49. The highest BCUT2D eigenvalue weighted by molar-refractivity contribution is 5.92. The number of carbonyl (C=O) groups excluding carboxylic acids is 1. The Balaban J connectivity index is 1.57. The smallest absolute Gasteiger partial charge is 0.270 e. The number of rotatable bonds is 3. The molecular formula is C20H20N4O. The number of amides is 1. The molecule has 0 aliphatic heterocycles. The Morgan fingerprint density at radius 2 is 2.08 bits per heavy atom. The monoisotopic (exact) mass is 332 g/mol. The van der Waals surface area contributed by atoms with Crippen LogP contribution in [-0.2, 0) is 13.5 Å². The molecule has 0 radical (unpaired) electrons. The normalized spacial score (nSPS) is 15.8. The van der Waals surface area contributed by atoms with Crippen LogP contribution in [0.5, 0.6) is 0 Å². The number of benzene rings is 1. The summed E-state index contributed by atoms with van der Waals surface area (Å²) in [6.07, 6.45) is 7.29. The third-order valence-electron chi connectivity index (χ3n) is 4.79. The highest BCUT2D eigenvalue weighted by Gasteiger charge is 2.25. The SMILES string of the molecule is Cc1cncc(-c2ccc3c(c2)CCC3NC(=O)c2ccnn2C)c1. The molecule has 0 spiro atoms. The second kappa shape index (κ2) is 6.16. The Labute approximate surface area is 146 Å². The van der Waals surface area contributed by atoms with Gasteiger partial charge in [0.05, 0.1) is 6.04 Å². The van der Waals surface area contributed by atoms with Gasteiger partial charge in [0.2, 0.25) is 0 Å². The van der Waals surface area contributed by atoms with Gasteiger partial charge in [-0.25, -0.2) is 0 Å². The van der Waals surface area contributed by atoms with E-state index < -0.39 is 0 Å². The summed E-state index contributed by atoms with van der Waals surface area (Å²) in [6, 6.07) is 10.4. The maximum absolute atomic E-state index is 12.4. The number of carbonyl (C=O) groups is 1. The van der Waals surface area contributed by atoms with E-state index in [9.17, 15) is 4.79 Å². The molecule has 5 nitrogen and oxygen atoms in total. The summed E-state index contributed by atoms with van der Waals surface area (Å²) in [6.45, 7) is 2.05. The van der Waals surface area contributed by atoms with Crippen molar-refractivity contribution in [1.29, 1.82) is 0 Å². The summed E-state index contributed by atoms with van der Waals surface area (Å²) in [5, 5.41) is 7.19. The summed E-state index contributed by atoms with van der Waals surface area (Å²) in [7, 11) is 1.78. The summed E-state index contributed by atoms with van der Waals surface area (Å²) in [4.78, 5) is 16.7. The number of pyridine rings is 1. The molecule has 0 fully saturated rings. The first kappa shape index (κ1) is 15.6. The predicted molar refractivity (Wildman–Crippen MR) is 96.1 cm³/mol. The minimum Gasteiger partial charge on any atom is -0.344 e. The van der Waals surface area contributed by atoms with Crippen LogP contribution in [0, 0.1) is 6.92 Å². The highest BCUT2D eigenvalue weighted by atomic mass is 16.2. The molecule has 0 saturated carbocycles. The molecule has 126 valence electrons. The first-order valence-electron chi connectivity index (χ1n) is 8.45. The number of aryl methyl sites for hydroxylation is 3. The Morgan fingerprint density at radius 3 is 2.84 bits per heavy atom. The molecule has 1 unspecified atom stereocenters. The number of hydrogen-bond donors (Lipinski definition) is 1. The van der Waals surface area contributed by atoms with Gasteiger partial charge in [-0.3, -0.25) is 14.5 Å². The van der Waals surface area contributed by atoms with Gasteiger partial charge in [-0.1, -0.05) is 18.2 Å². The molecular weight excluding hydrogens is 312 g/mol. The van der Waals surface area contributed by atoms with Crippen LogP contribution < -0.4 is 5.32 Å². The topological polar surface area (TPSA) is 59.8 Å². The minimum atomic E-state index is -0.0789. The van der Waals surface area contributed by atoms with Gasteiger partial charge in [0, 0.05) is 31.2 Å². The first-order valence-corrected chi connectivity index (χ1v) is 8.45. The highest BCUT2D eigenvalue weighted by Crippen LogP contribution is 2.34. The molecule has 1 aromatic carbocycles. The average Bonchev–Trinajstić information content (AvgIpc) is 3.21. The van der Waals surface area contributed by atoms with Crippen LogP contribution in [0.15, 0.2) is 48.9 Å². The molecule has 0 bridgehead atoms. The zero-order valence-electron chi connectivity index (χ0n) is 14.4. The third kappa shape index (κ3) is 2.93. The Morgan fingerprint density at radius 1 is 1.20 bits per heavy atom. The van der Waals surface area contributed by atoms with Crippen molar-refractivity contribution in [3.05, 3.63) is 71.3 Å². The van der Waals surface area contributed by atoms with E-state index in [0.717, 1.165) is 24.0 Å². The number of aromatic nitrogens is 3. The summed E-state index contributed by atoms with van der Waals surface area (Å²) < 4.78 is 1.60. The standard InChI is InChI=1S/C20H20N4O/c1-13-9-16(12-21-11-13)14-3-5-17-15(10-14)4-6-18(17)23-20(25)19-7-8-22-24(19)2/h3,5,7-12,18H,4,6H2,1-2H3,(H,23,25). The van der Waals surface area contributed by atoms with Gasteiger partial charge in [-0.05, 0) is 54.2 Å². The van der Waals surface area contributed by atoms with E-state index in [1.54, 1.807) is 24.0 Å². The predicted octanol–water partition coefficient (Wildman–Crippen LogP) is 3.21. The number of fused-ring (bicyclic) bond motifs is 1. The van der Waals surface area contributed by atoms with Crippen LogP contribution in [0.2, 0.25) is 0 Å². The average molecular weight is 332 g/mol. The summed E-state index contributed by atoms with van der Waals surface area (Å²) in [5.74, 6) is -0.0789. The van der Waals surface area contributed by atoms with Gasteiger partial charge in [-0.2, -0.15) is 5.10 Å². The van der Waals surface area contributed by atoms with Crippen molar-refractivity contribution in [1.82, 2.24) is 20.1 Å². The molecule has 25 heavy (non-hydrogen) atoms. The van der Waals surface area contributed by atoms with E-state index >= 15 is 0 Å². The van der Waals surface area contributed by atoms with E-state index in [-0.39, 0.29) is 11.9 Å². The molecule has 1 N–H and O–H groups in total. The molecule has 4 rings (SSSR count). The first-order chi connectivity index (χ1) is 12.1. The van der Waals surface area contributed by atoms with Crippen LogP contribution in [0.3, 0.4) is 0 Å². The molecule has 1 aliphatic carbocycles. The Bertz CT molecular complexity index is 944. The Hall–Kier alpha value is -2.95. The molecule has 0 saturated heterocycles. The van der Waals surface area contributed by atoms with Crippen LogP contribution in [0.25, 0.3) is 11.1 Å². The van der Waals surface area contributed by atoms with Crippen molar-refractivity contribution >= 4 is 5.91 Å². The second-order valence-electron chi connectivity index (χ2n) is 6.57. The third-order valence-corrected chi connectivity index (χ3v) is 4.79. The largest absolute Gasteiger partial charge is 0.344 e. The van der Waals surface area contributed by atoms with Crippen LogP contribution in [0.1, 0.15) is 39.6 Å². The quantitative estimate of drug-likeness (QED) is 0.801. The zero-order chi connectivity index (χ0) is 17.4. The number of nitrogens with zero attached hydrogens (tertiary/aromatic N) is 3. The number of nitrogens with one attached hydrogen (secondary N) is 1.